The smallest absolute Gasteiger partial charge is 0.142 e. The van der Waals surface area contributed by atoms with Crippen molar-refractivity contribution < 1.29 is 4.39 Å². The Bertz CT molecular complexity index is 428. The zero-order chi connectivity index (χ0) is 8.55. The number of hydrogen-bond donors (Lipinski definition) is 0. The average Bonchev–Trinajstić information content (AvgIpc) is 2.07. The fourth-order valence-electron chi connectivity index (χ4n) is 1.09. The third kappa shape index (κ3) is 1.20. The van der Waals surface area contributed by atoms with E-state index in [4.69, 9.17) is 0 Å². The molecule has 12 heavy (non-hydrogen) atoms. The van der Waals surface area contributed by atoms with E-state index in [-0.39, 0.29) is 5.82 Å². The number of rotatable bonds is 0. The van der Waals surface area contributed by atoms with Gasteiger partial charge >= 0.3 is 0 Å². The quantitative estimate of drug-likeness (QED) is 0.672. The molecule has 1 nitrogen and oxygen atoms in total. The van der Waals surface area contributed by atoms with Gasteiger partial charge in [-0.05, 0) is 18.2 Å². The molecule has 0 saturated carbocycles. The Kier molecular flexibility index (Phi) is 1.81. The summed E-state index contributed by atoms with van der Waals surface area (Å²) < 4.78 is 13.6. The molecule has 0 amide bonds. The summed E-state index contributed by atoms with van der Waals surface area (Å²) in [5, 5.41) is 0.803. The Morgan fingerprint density at radius 1 is 1.33 bits per heavy atom. The van der Waals surface area contributed by atoms with Crippen molar-refractivity contribution in [3.63, 3.8) is 0 Å². The van der Waals surface area contributed by atoms with Gasteiger partial charge in [0.15, 0.2) is 0 Å². The van der Waals surface area contributed by atoms with Crippen LogP contribution in [0.3, 0.4) is 0 Å². The highest BCUT2D eigenvalue weighted by molar-refractivity contribution is 9.10. The van der Waals surface area contributed by atoms with Crippen LogP contribution in [0.4, 0.5) is 4.39 Å². The minimum absolute atomic E-state index is 0.311. The molecule has 0 fully saturated rings. The van der Waals surface area contributed by atoms with Gasteiger partial charge in [-0.25, -0.2) is 4.39 Å². The van der Waals surface area contributed by atoms with E-state index in [2.05, 4.69) is 20.9 Å². The highest BCUT2D eigenvalue weighted by Gasteiger charge is 1.99. The topological polar surface area (TPSA) is 12.9 Å². The van der Waals surface area contributed by atoms with Crippen LogP contribution in [0.15, 0.2) is 34.9 Å². The summed E-state index contributed by atoms with van der Waals surface area (Å²) in [6.45, 7) is 0. The number of halogens is 2. The van der Waals surface area contributed by atoms with Crippen molar-refractivity contribution in [1.82, 2.24) is 4.98 Å². The third-order valence-corrected chi connectivity index (χ3v) is 2.33. The number of pyridine rings is 1. The standard InChI is InChI=1S/C9H5BrFN/c10-8-2-1-3-9-7(8)4-6(11)5-12-9/h1-5H. The highest BCUT2D eigenvalue weighted by atomic mass is 79.9. The molecule has 0 N–H and O–H groups in total. The van der Waals surface area contributed by atoms with Gasteiger partial charge in [0, 0.05) is 9.86 Å². The minimum atomic E-state index is -0.311. The summed E-state index contributed by atoms with van der Waals surface area (Å²) in [4.78, 5) is 3.94. The van der Waals surface area contributed by atoms with Crippen LogP contribution < -0.4 is 0 Å². The zero-order valence-electron chi connectivity index (χ0n) is 6.09. The van der Waals surface area contributed by atoms with Gasteiger partial charge in [-0.1, -0.05) is 22.0 Å². The SMILES string of the molecule is Fc1cnc2cccc(Br)c2c1. The lowest BCUT2D eigenvalue weighted by atomic mass is 10.2. The van der Waals surface area contributed by atoms with Crippen LogP contribution in [0.25, 0.3) is 10.9 Å². The Labute approximate surface area is 77.4 Å². The summed E-state index contributed by atoms with van der Waals surface area (Å²) in [7, 11) is 0. The first-order chi connectivity index (χ1) is 5.77. The molecule has 0 saturated heterocycles. The lowest BCUT2D eigenvalue weighted by molar-refractivity contribution is 0.624. The fraction of sp³-hybridized carbons (Fsp3) is 0. The lowest BCUT2D eigenvalue weighted by Gasteiger charge is -1.98. The van der Waals surface area contributed by atoms with Gasteiger partial charge in [0.05, 0.1) is 11.7 Å². The molecular formula is C9H5BrFN. The first-order valence-electron chi connectivity index (χ1n) is 3.47. The first-order valence-corrected chi connectivity index (χ1v) is 4.26. The summed E-state index contributed by atoms with van der Waals surface area (Å²) in [5.41, 5.74) is 0.797. The van der Waals surface area contributed by atoms with Crippen molar-refractivity contribution in [2.24, 2.45) is 0 Å². The van der Waals surface area contributed by atoms with Crippen LogP contribution in [-0.4, -0.2) is 4.98 Å². The monoisotopic (exact) mass is 225 g/mol. The van der Waals surface area contributed by atoms with E-state index in [1.54, 1.807) is 0 Å². The maximum atomic E-state index is 12.7. The molecule has 60 valence electrons. The molecule has 1 aromatic carbocycles. The molecule has 3 heteroatoms. The fourth-order valence-corrected chi connectivity index (χ4v) is 1.56. The summed E-state index contributed by atoms with van der Waals surface area (Å²) in [5.74, 6) is -0.311. The van der Waals surface area contributed by atoms with Gasteiger partial charge in [0.25, 0.3) is 0 Å². The van der Waals surface area contributed by atoms with Gasteiger partial charge in [0.2, 0.25) is 0 Å². The molecule has 1 heterocycles. The molecule has 0 spiro atoms. The van der Waals surface area contributed by atoms with Gasteiger partial charge in [0.1, 0.15) is 5.82 Å². The Balaban J connectivity index is 2.88. The highest BCUT2D eigenvalue weighted by Crippen LogP contribution is 2.22. The molecule has 2 rings (SSSR count). The van der Waals surface area contributed by atoms with Crippen LogP contribution in [0, 0.1) is 5.82 Å². The summed E-state index contributed by atoms with van der Waals surface area (Å²) in [6.07, 6.45) is 1.22. The second-order valence-corrected chi connectivity index (χ2v) is 3.31. The molecular weight excluding hydrogens is 221 g/mol. The van der Waals surface area contributed by atoms with E-state index >= 15 is 0 Å². The van der Waals surface area contributed by atoms with Crippen molar-refractivity contribution in [1.29, 1.82) is 0 Å². The molecule has 0 unspecified atom stereocenters. The van der Waals surface area contributed by atoms with Gasteiger partial charge < -0.3 is 0 Å². The molecule has 0 aliphatic rings. The number of nitrogens with zero attached hydrogens (tertiary/aromatic N) is 1. The molecule has 0 atom stereocenters. The van der Waals surface area contributed by atoms with E-state index < -0.39 is 0 Å². The van der Waals surface area contributed by atoms with Crippen LogP contribution >= 0.6 is 15.9 Å². The Hall–Kier alpha value is -0.960. The van der Waals surface area contributed by atoms with E-state index in [9.17, 15) is 4.39 Å². The van der Waals surface area contributed by atoms with E-state index in [0.29, 0.717) is 0 Å². The molecule has 1 aromatic heterocycles. The van der Waals surface area contributed by atoms with Crippen LogP contribution in [0.5, 0.6) is 0 Å². The van der Waals surface area contributed by atoms with Crippen molar-refractivity contribution in [2.75, 3.05) is 0 Å². The summed E-state index contributed by atoms with van der Waals surface area (Å²) >= 11 is 3.32. The number of fused-ring (bicyclic) bond motifs is 1. The Morgan fingerprint density at radius 3 is 3.00 bits per heavy atom. The van der Waals surface area contributed by atoms with Gasteiger partial charge in [-0.15, -0.1) is 0 Å². The maximum Gasteiger partial charge on any atom is 0.142 e. The van der Waals surface area contributed by atoms with Crippen molar-refractivity contribution in [3.05, 3.63) is 40.8 Å². The van der Waals surface area contributed by atoms with Crippen LogP contribution in [-0.2, 0) is 0 Å². The molecule has 0 aliphatic carbocycles. The van der Waals surface area contributed by atoms with Gasteiger partial charge in [-0.2, -0.15) is 0 Å². The molecule has 2 aromatic rings. The molecule has 0 aliphatic heterocycles. The maximum absolute atomic E-state index is 12.7. The van der Waals surface area contributed by atoms with Crippen LogP contribution in [0.1, 0.15) is 0 Å². The van der Waals surface area contributed by atoms with Crippen LogP contribution in [0.2, 0.25) is 0 Å². The van der Waals surface area contributed by atoms with Crippen molar-refractivity contribution >= 4 is 26.8 Å². The van der Waals surface area contributed by atoms with Gasteiger partial charge in [-0.3, -0.25) is 4.98 Å². The van der Waals surface area contributed by atoms with E-state index in [1.807, 2.05) is 18.2 Å². The number of hydrogen-bond acceptors (Lipinski definition) is 1. The average molecular weight is 226 g/mol. The second kappa shape index (κ2) is 2.83. The second-order valence-electron chi connectivity index (χ2n) is 2.46. The first kappa shape index (κ1) is 7.68. The zero-order valence-corrected chi connectivity index (χ0v) is 7.68. The van der Waals surface area contributed by atoms with E-state index in [0.717, 1.165) is 15.4 Å². The predicted octanol–water partition coefficient (Wildman–Crippen LogP) is 3.14. The van der Waals surface area contributed by atoms with E-state index in [1.165, 1.54) is 12.3 Å². The van der Waals surface area contributed by atoms with Crippen molar-refractivity contribution in [3.8, 4) is 0 Å². The largest absolute Gasteiger partial charge is 0.253 e. The summed E-state index contributed by atoms with van der Waals surface area (Å²) in [6, 6.07) is 7.05. The number of benzene rings is 1. The third-order valence-electron chi connectivity index (χ3n) is 1.64. The molecule has 0 bridgehead atoms. The predicted molar refractivity (Wildman–Crippen MR) is 49.4 cm³/mol. The lowest BCUT2D eigenvalue weighted by Crippen LogP contribution is -1.81. The Morgan fingerprint density at radius 2 is 2.17 bits per heavy atom. The minimum Gasteiger partial charge on any atom is -0.253 e. The van der Waals surface area contributed by atoms with Crippen molar-refractivity contribution in [2.45, 2.75) is 0 Å². The normalized spacial score (nSPS) is 10.5. The number of aromatic nitrogens is 1. The molecule has 0 radical (unpaired) electrons.